The van der Waals surface area contributed by atoms with Crippen LogP contribution in [-0.2, 0) is 0 Å². The standard InChI is InChI=1S/C14H15ClN4O2/c1-8-5-11(12(21-2)6-10(8)15)18-14(20)9-3-4-13(19-16)17-7-9/h3-7H,16H2,1-2H3,(H,17,19)(H,18,20). The number of benzene rings is 1. The molecule has 2 aromatic rings. The van der Waals surface area contributed by atoms with E-state index >= 15 is 0 Å². The van der Waals surface area contributed by atoms with E-state index in [1.165, 1.54) is 13.3 Å². The molecular formula is C14H15ClN4O2. The second kappa shape index (κ2) is 6.43. The van der Waals surface area contributed by atoms with Crippen molar-refractivity contribution < 1.29 is 9.53 Å². The number of methoxy groups -OCH3 is 1. The Morgan fingerprint density at radius 3 is 2.71 bits per heavy atom. The number of aryl methyl sites for hydroxylation is 1. The zero-order valence-electron chi connectivity index (χ0n) is 11.6. The Morgan fingerprint density at radius 1 is 1.38 bits per heavy atom. The fraction of sp³-hybridized carbons (Fsp3) is 0.143. The summed E-state index contributed by atoms with van der Waals surface area (Å²) in [7, 11) is 1.51. The Kier molecular flexibility index (Phi) is 4.62. The Bertz CT molecular complexity index is 659. The molecule has 1 aromatic heterocycles. The summed E-state index contributed by atoms with van der Waals surface area (Å²) in [5.41, 5.74) is 4.19. The highest BCUT2D eigenvalue weighted by atomic mass is 35.5. The summed E-state index contributed by atoms with van der Waals surface area (Å²) in [5, 5.41) is 3.34. The molecule has 0 bridgehead atoms. The van der Waals surface area contributed by atoms with Crippen LogP contribution in [0.15, 0.2) is 30.5 Å². The largest absolute Gasteiger partial charge is 0.495 e. The molecule has 0 aliphatic rings. The number of nitrogens with one attached hydrogen (secondary N) is 2. The van der Waals surface area contributed by atoms with Crippen molar-refractivity contribution in [2.75, 3.05) is 17.9 Å². The number of rotatable bonds is 4. The first-order chi connectivity index (χ1) is 10.0. The molecule has 0 spiro atoms. The van der Waals surface area contributed by atoms with Crippen LogP contribution in [0.1, 0.15) is 15.9 Å². The maximum absolute atomic E-state index is 12.2. The van der Waals surface area contributed by atoms with E-state index in [9.17, 15) is 4.79 Å². The molecule has 1 heterocycles. The molecule has 0 saturated carbocycles. The molecule has 0 unspecified atom stereocenters. The predicted octanol–water partition coefficient (Wildman–Crippen LogP) is 2.59. The first-order valence-electron chi connectivity index (χ1n) is 6.13. The van der Waals surface area contributed by atoms with Gasteiger partial charge in [0.15, 0.2) is 0 Å². The number of carbonyl (C=O) groups excluding carboxylic acids is 1. The minimum atomic E-state index is -0.300. The molecule has 21 heavy (non-hydrogen) atoms. The predicted molar refractivity (Wildman–Crippen MR) is 82.7 cm³/mol. The van der Waals surface area contributed by atoms with Crippen LogP contribution in [0.25, 0.3) is 0 Å². The first-order valence-corrected chi connectivity index (χ1v) is 6.51. The van der Waals surface area contributed by atoms with Crippen LogP contribution >= 0.6 is 11.6 Å². The van der Waals surface area contributed by atoms with E-state index in [1.807, 2.05) is 6.92 Å². The lowest BCUT2D eigenvalue weighted by atomic mass is 10.2. The number of aromatic nitrogens is 1. The number of anilines is 2. The average molecular weight is 307 g/mol. The van der Waals surface area contributed by atoms with Crippen molar-refractivity contribution in [1.29, 1.82) is 0 Å². The third kappa shape index (κ3) is 3.42. The summed E-state index contributed by atoms with van der Waals surface area (Å²) >= 11 is 6.03. The van der Waals surface area contributed by atoms with Crippen LogP contribution in [0, 0.1) is 6.92 Å². The zero-order chi connectivity index (χ0) is 15.4. The Hall–Kier alpha value is -2.31. The van der Waals surface area contributed by atoms with Gasteiger partial charge in [-0.1, -0.05) is 11.6 Å². The minimum Gasteiger partial charge on any atom is -0.495 e. The molecule has 0 radical (unpaired) electrons. The van der Waals surface area contributed by atoms with Crippen molar-refractivity contribution in [2.24, 2.45) is 5.84 Å². The molecule has 0 aliphatic carbocycles. The SMILES string of the molecule is COc1cc(Cl)c(C)cc1NC(=O)c1ccc(NN)nc1. The highest BCUT2D eigenvalue weighted by Crippen LogP contribution is 2.31. The minimum absolute atomic E-state index is 0.300. The van der Waals surface area contributed by atoms with Gasteiger partial charge in [0.25, 0.3) is 5.91 Å². The van der Waals surface area contributed by atoms with Crippen LogP contribution < -0.4 is 21.3 Å². The van der Waals surface area contributed by atoms with Crippen LogP contribution in [-0.4, -0.2) is 18.0 Å². The van der Waals surface area contributed by atoms with Gasteiger partial charge in [0.2, 0.25) is 0 Å². The fourth-order valence-corrected chi connectivity index (χ4v) is 1.89. The maximum Gasteiger partial charge on any atom is 0.257 e. The van der Waals surface area contributed by atoms with Gasteiger partial charge in [0.05, 0.1) is 18.4 Å². The normalized spacial score (nSPS) is 10.1. The van der Waals surface area contributed by atoms with Crippen LogP contribution in [0.2, 0.25) is 5.02 Å². The number of nitrogens with two attached hydrogens (primary N) is 1. The van der Waals surface area contributed by atoms with E-state index in [-0.39, 0.29) is 5.91 Å². The Balaban J connectivity index is 2.24. The monoisotopic (exact) mass is 306 g/mol. The van der Waals surface area contributed by atoms with Crippen molar-refractivity contribution in [3.63, 3.8) is 0 Å². The molecule has 1 amide bonds. The summed E-state index contributed by atoms with van der Waals surface area (Å²) in [5.74, 6) is 5.90. The molecule has 6 nitrogen and oxygen atoms in total. The van der Waals surface area contributed by atoms with Gasteiger partial charge in [0, 0.05) is 17.3 Å². The summed E-state index contributed by atoms with van der Waals surface area (Å²) in [6.07, 6.45) is 1.43. The lowest BCUT2D eigenvalue weighted by Crippen LogP contribution is -2.14. The molecule has 1 aromatic carbocycles. The van der Waals surface area contributed by atoms with E-state index in [0.717, 1.165) is 5.56 Å². The summed E-state index contributed by atoms with van der Waals surface area (Å²) in [6.45, 7) is 1.85. The quantitative estimate of drug-likeness (QED) is 0.597. The average Bonchev–Trinajstić information content (AvgIpc) is 2.50. The van der Waals surface area contributed by atoms with Gasteiger partial charge in [-0.3, -0.25) is 4.79 Å². The van der Waals surface area contributed by atoms with Gasteiger partial charge in [-0.25, -0.2) is 10.8 Å². The lowest BCUT2D eigenvalue weighted by Gasteiger charge is -2.12. The molecule has 0 saturated heterocycles. The van der Waals surface area contributed by atoms with E-state index in [2.05, 4.69) is 15.7 Å². The van der Waals surface area contributed by atoms with Gasteiger partial charge >= 0.3 is 0 Å². The topological polar surface area (TPSA) is 89.3 Å². The third-order valence-corrected chi connectivity index (χ3v) is 3.31. The van der Waals surface area contributed by atoms with Crippen molar-refractivity contribution in [1.82, 2.24) is 4.98 Å². The Labute approximate surface area is 127 Å². The first kappa shape index (κ1) is 15.1. The number of nitrogens with zero attached hydrogens (tertiary/aromatic N) is 1. The van der Waals surface area contributed by atoms with Gasteiger partial charge in [-0.15, -0.1) is 0 Å². The second-order valence-corrected chi connectivity index (χ2v) is 4.74. The van der Waals surface area contributed by atoms with Crippen molar-refractivity contribution in [3.8, 4) is 5.75 Å². The van der Waals surface area contributed by atoms with E-state index in [4.69, 9.17) is 22.2 Å². The van der Waals surface area contributed by atoms with Gasteiger partial charge < -0.3 is 15.5 Å². The molecule has 0 atom stereocenters. The lowest BCUT2D eigenvalue weighted by molar-refractivity contribution is 0.102. The number of pyridine rings is 1. The molecule has 110 valence electrons. The van der Waals surface area contributed by atoms with Gasteiger partial charge in [0.1, 0.15) is 11.6 Å². The molecular weight excluding hydrogens is 292 g/mol. The van der Waals surface area contributed by atoms with Crippen LogP contribution in [0.3, 0.4) is 0 Å². The van der Waals surface area contributed by atoms with Crippen LogP contribution in [0.4, 0.5) is 11.5 Å². The highest BCUT2D eigenvalue weighted by molar-refractivity contribution is 6.31. The molecule has 7 heteroatoms. The third-order valence-electron chi connectivity index (χ3n) is 2.90. The Morgan fingerprint density at radius 2 is 2.14 bits per heavy atom. The van der Waals surface area contributed by atoms with Crippen molar-refractivity contribution in [3.05, 3.63) is 46.6 Å². The second-order valence-electron chi connectivity index (χ2n) is 4.33. The number of ether oxygens (including phenoxy) is 1. The number of hydrazine groups is 1. The smallest absolute Gasteiger partial charge is 0.257 e. The number of hydrogen-bond acceptors (Lipinski definition) is 5. The summed E-state index contributed by atoms with van der Waals surface area (Å²) in [6, 6.07) is 6.64. The zero-order valence-corrected chi connectivity index (χ0v) is 12.4. The molecule has 2 rings (SSSR count). The fourth-order valence-electron chi connectivity index (χ4n) is 1.74. The van der Waals surface area contributed by atoms with E-state index < -0.39 is 0 Å². The number of amides is 1. The van der Waals surface area contributed by atoms with E-state index in [1.54, 1.807) is 24.3 Å². The molecule has 0 aliphatic heterocycles. The van der Waals surface area contributed by atoms with E-state index in [0.29, 0.717) is 27.8 Å². The van der Waals surface area contributed by atoms with Crippen molar-refractivity contribution in [2.45, 2.75) is 6.92 Å². The summed E-state index contributed by atoms with van der Waals surface area (Å²) < 4.78 is 5.21. The van der Waals surface area contributed by atoms with Gasteiger partial charge in [-0.2, -0.15) is 0 Å². The number of nitrogen functional groups attached to an aromatic ring is 1. The highest BCUT2D eigenvalue weighted by Gasteiger charge is 2.12. The van der Waals surface area contributed by atoms with Crippen LogP contribution in [0.5, 0.6) is 5.75 Å². The number of hydrogen-bond donors (Lipinski definition) is 3. The number of halogens is 1. The van der Waals surface area contributed by atoms with Crippen molar-refractivity contribution >= 4 is 29.0 Å². The molecule has 0 fully saturated rings. The van der Waals surface area contributed by atoms with Gasteiger partial charge in [-0.05, 0) is 30.7 Å². The number of carbonyl (C=O) groups is 1. The maximum atomic E-state index is 12.2. The summed E-state index contributed by atoms with van der Waals surface area (Å²) in [4.78, 5) is 16.2. The molecule has 4 N–H and O–H groups in total.